The molecule has 0 N–H and O–H groups in total. The van der Waals surface area contributed by atoms with E-state index in [9.17, 15) is 9.18 Å². The van der Waals surface area contributed by atoms with Gasteiger partial charge in [0.05, 0.1) is 6.04 Å². The van der Waals surface area contributed by atoms with E-state index in [2.05, 4.69) is 0 Å². The van der Waals surface area contributed by atoms with Crippen molar-refractivity contribution in [1.29, 1.82) is 0 Å². The van der Waals surface area contributed by atoms with E-state index in [0.717, 1.165) is 31.5 Å². The molecule has 0 unspecified atom stereocenters. The predicted octanol–water partition coefficient (Wildman–Crippen LogP) is 2.87. The first-order valence-electron chi connectivity index (χ1n) is 7.55. The first-order valence-corrected chi connectivity index (χ1v) is 7.92. The van der Waals surface area contributed by atoms with E-state index in [1.54, 1.807) is 0 Å². The van der Waals surface area contributed by atoms with Crippen LogP contribution in [-0.4, -0.2) is 47.6 Å². The molecule has 3 rings (SSSR count). The Labute approximate surface area is 129 Å². The fraction of sp³-hybridized carbons (Fsp3) is 0.562. The van der Waals surface area contributed by atoms with Crippen LogP contribution >= 0.6 is 11.6 Å². The molecule has 0 aliphatic carbocycles. The van der Waals surface area contributed by atoms with E-state index < -0.39 is 6.17 Å². The van der Waals surface area contributed by atoms with Crippen LogP contribution in [0, 0.1) is 0 Å². The molecular formula is C16H20ClFN2O. The SMILES string of the molecule is O=C1[C@H](N2CCC[C@@H](F)C2)CCN1Cc1ccc(Cl)cc1. The van der Waals surface area contributed by atoms with E-state index in [-0.39, 0.29) is 11.9 Å². The Morgan fingerprint density at radius 3 is 2.67 bits per heavy atom. The van der Waals surface area contributed by atoms with Crippen LogP contribution in [0.3, 0.4) is 0 Å². The number of halogens is 2. The molecule has 2 saturated heterocycles. The summed E-state index contributed by atoms with van der Waals surface area (Å²) in [6, 6.07) is 7.44. The molecule has 5 heteroatoms. The van der Waals surface area contributed by atoms with Gasteiger partial charge in [-0.15, -0.1) is 0 Å². The van der Waals surface area contributed by atoms with E-state index in [1.165, 1.54) is 0 Å². The van der Waals surface area contributed by atoms with Gasteiger partial charge in [0.2, 0.25) is 5.91 Å². The van der Waals surface area contributed by atoms with Gasteiger partial charge in [0.1, 0.15) is 6.17 Å². The van der Waals surface area contributed by atoms with Crippen molar-refractivity contribution in [3.05, 3.63) is 34.9 Å². The van der Waals surface area contributed by atoms with Crippen molar-refractivity contribution in [2.24, 2.45) is 0 Å². The number of nitrogens with zero attached hydrogens (tertiary/aromatic N) is 2. The molecule has 0 spiro atoms. The number of alkyl halides is 1. The molecule has 2 heterocycles. The molecule has 1 amide bonds. The van der Waals surface area contributed by atoms with Gasteiger partial charge in [-0.3, -0.25) is 9.69 Å². The fourth-order valence-corrected chi connectivity index (χ4v) is 3.39. The molecule has 1 aromatic carbocycles. The molecular weight excluding hydrogens is 291 g/mol. The van der Waals surface area contributed by atoms with Gasteiger partial charge >= 0.3 is 0 Å². The van der Waals surface area contributed by atoms with Crippen LogP contribution in [0.5, 0.6) is 0 Å². The highest BCUT2D eigenvalue weighted by molar-refractivity contribution is 6.30. The van der Waals surface area contributed by atoms with E-state index in [1.807, 2.05) is 34.1 Å². The summed E-state index contributed by atoms with van der Waals surface area (Å²) in [5.74, 6) is 0.138. The van der Waals surface area contributed by atoms with Gasteiger partial charge in [0, 0.05) is 24.7 Å². The third-order valence-corrected chi connectivity index (χ3v) is 4.64. The number of hydrogen-bond acceptors (Lipinski definition) is 2. The molecule has 21 heavy (non-hydrogen) atoms. The lowest BCUT2D eigenvalue weighted by atomic mass is 10.1. The molecule has 2 aliphatic rings. The van der Waals surface area contributed by atoms with Crippen molar-refractivity contribution in [3.8, 4) is 0 Å². The third-order valence-electron chi connectivity index (χ3n) is 4.39. The molecule has 2 fully saturated rings. The van der Waals surface area contributed by atoms with E-state index in [0.29, 0.717) is 24.5 Å². The maximum Gasteiger partial charge on any atom is 0.240 e. The van der Waals surface area contributed by atoms with Crippen LogP contribution in [0.4, 0.5) is 4.39 Å². The van der Waals surface area contributed by atoms with Gasteiger partial charge < -0.3 is 4.90 Å². The molecule has 0 aromatic heterocycles. The topological polar surface area (TPSA) is 23.6 Å². The highest BCUT2D eigenvalue weighted by atomic mass is 35.5. The Morgan fingerprint density at radius 2 is 1.95 bits per heavy atom. The lowest BCUT2D eigenvalue weighted by Gasteiger charge is -2.32. The molecule has 0 saturated carbocycles. The first-order chi connectivity index (χ1) is 10.1. The summed E-state index contributed by atoms with van der Waals surface area (Å²) in [5.41, 5.74) is 1.08. The normalized spacial score (nSPS) is 27.3. The Bertz CT molecular complexity index is 508. The molecule has 2 aliphatic heterocycles. The molecule has 0 radical (unpaired) electrons. The summed E-state index contributed by atoms with van der Waals surface area (Å²) in [6.07, 6.45) is 1.50. The quantitative estimate of drug-likeness (QED) is 0.857. The first kappa shape index (κ1) is 14.8. The number of likely N-dealkylation sites (tertiary alicyclic amines) is 2. The third kappa shape index (κ3) is 3.38. The minimum absolute atomic E-state index is 0.129. The summed E-state index contributed by atoms with van der Waals surface area (Å²) in [7, 11) is 0. The fourth-order valence-electron chi connectivity index (χ4n) is 3.26. The second kappa shape index (κ2) is 6.32. The lowest BCUT2D eigenvalue weighted by Crippen LogP contribution is -2.47. The number of benzene rings is 1. The van der Waals surface area contributed by atoms with E-state index >= 15 is 0 Å². The Morgan fingerprint density at radius 1 is 1.19 bits per heavy atom. The van der Waals surface area contributed by atoms with Crippen LogP contribution in [-0.2, 0) is 11.3 Å². The maximum absolute atomic E-state index is 13.5. The minimum atomic E-state index is -0.781. The number of carbonyl (C=O) groups excluding carboxylic acids is 1. The smallest absolute Gasteiger partial charge is 0.240 e. The zero-order chi connectivity index (χ0) is 14.8. The Balaban J connectivity index is 1.62. The number of hydrogen-bond donors (Lipinski definition) is 0. The second-order valence-electron chi connectivity index (χ2n) is 5.93. The van der Waals surface area contributed by atoms with Crippen molar-refractivity contribution in [2.45, 2.75) is 38.0 Å². The Hall–Kier alpha value is -1.13. The average Bonchev–Trinajstić information content (AvgIpc) is 2.83. The molecule has 3 nitrogen and oxygen atoms in total. The number of rotatable bonds is 3. The zero-order valence-corrected chi connectivity index (χ0v) is 12.7. The lowest BCUT2D eigenvalue weighted by molar-refractivity contribution is -0.133. The zero-order valence-electron chi connectivity index (χ0n) is 12.0. The van der Waals surface area contributed by atoms with Crippen LogP contribution in [0.25, 0.3) is 0 Å². The molecule has 1 aromatic rings. The maximum atomic E-state index is 13.5. The van der Waals surface area contributed by atoms with Gasteiger partial charge in [0.15, 0.2) is 0 Å². The minimum Gasteiger partial charge on any atom is -0.337 e. The largest absolute Gasteiger partial charge is 0.337 e. The van der Waals surface area contributed by atoms with Gasteiger partial charge in [-0.25, -0.2) is 4.39 Å². The summed E-state index contributed by atoms with van der Waals surface area (Å²) >= 11 is 5.87. The van der Waals surface area contributed by atoms with Crippen molar-refractivity contribution >= 4 is 17.5 Å². The number of carbonyl (C=O) groups is 1. The summed E-state index contributed by atoms with van der Waals surface area (Å²) in [4.78, 5) is 16.4. The predicted molar refractivity (Wildman–Crippen MR) is 81.0 cm³/mol. The van der Waals surface area contributed by atoms with Crippen LogP contribution < -0.4 is 0 Å². The van der Waals surface area contributed by atoms with Gasteiger partial charge in [-0.1, -0.05) is 23.7 Å². The van der Waals surface area contributed by atoms with Crippen LogP contribution in [0.1, 0.15) is 24.8 Å². The van der Waals surface area contributed by atoms with Gasteiger partial charge in [-0.05, 0) is 43.5 Å². The second-order valence-corrected chi connectivity index (χ2v) is 6.36. The van der Waals surface area contributed by atoms with E-state index in [4.69, 9.17) is 11.6 Å². The molecule has 114 valence electrons. The average molecular weight is 311 g/mol. The monoisotopic (exact) mass is 310 g/mol. The highest BCUT2D eigenvalue weighted by Gasteiger charge is 2.37. The van der Waals surface area contributed by atoms with Crippen LogP contribution in [0.15, 0.2) is 24.3 Å². The molecule has 0 bridgehead atoms. The van der Waals surface area contributed by atoms with Gasteiger partial charge in [0.25, 0.3) is 0 Å². The standard InChI is InChI=1S/C16H20ClFN2O/c17-13-5-3-12(4-6-13)10-20-9-7-15(16(20)21)19-8-1-2-14(18)11-19/h3-6,14-15H,1-2,7-11H2/t14-,15-/m1/s1. The van der Waals surface area contributed by atoms with Crippen molar-refractivity contribution in [2.75, 3.05) is 19.6 Å². The van der Waals surface area contributed by atoms with Gasteiger partial charge in [-0.2, -0.15) is 0 Å². The summed E-state index contributed by atoms with van der Waals surface area (Å²) in [6.45, 7) is 2.61. The van der Waals surface area contributed by atoms with Crippen molar-refractivity contribution in [3.63, 3.8) is 0 Å². The summed E-state index contributed by atoms with van der Waals surface area (Å²) in [5, 5.41) is 0.701. The van der Waals surface area contributed by atoms with Crippen LogP contribution in [0.2, 0.25) is 5.02 Å². The number of piperidine rings is 1. The number of amides is 1. The molecule has 2 atom stereocenters. The Kier molecular flexibility index (Phi) is 4.45. The highest BCUT2D eigenvalue weighted by Crippen LogP contribution is 2.24. The van der Waals surface area contributed by atoms with Crippen molar-refractivity contribution < 1.29 is 9.18 Å². The van der Waals surface area contributed by atoms with Crippen molar-refractivity contribution in [1.82, 2.24) is 9.80 Å². The summed E-state index contributed by atoms with van der Waals surface area (Å²) < 4.78 is 13.5.